The van der Waals surface area contributed by atoms with Crippen molar-refractivity contribution in [2.24, 2.45) is 0 Å². The van der Waals surface area contributed by atoms with Crippen LogP contribution in [0.5, 0.6) is 5.75 Å². The molecule has 1 amide bonds. The minimum atomic E-state index is -0.723. The molecule has 7 heteroatoms. The summed E-state index contributed by atoms with van der Waals surface area (Å²) in [5, 5.41) is 4.49. The van der Waals surface area contributed by atoms with Crippen molar-refractivity contribution in [3.05, 3.63) is 87.0 Å². The van der Waals surface area contributed by atoms with Crippen LogP contribution in [-0.2, 0) is 0 Å². The van der Waals surface area contributed by atoms with E-state index >= 15 is 0 Å². The van der Waals surface area contributed by atoms with Crippen LogP contribution < -0.4 is 15.1 Å². The number of rotatable bonds is 4. The maximum atomic E-state index is 13.6. The summed E-state index contributed by atoms with van der Waals surface area (Å²) in [5.74, 6) is 1.11. The van der Waals surface area contributed by atoms with Gasteiger partial charge in [-0.1, -0.05) is 28.9 Å². The fourth-order valence-electron chi connectivity index (χ4n) is 4.14. The number of carbonyl (C=O) groups excluding carboxylic acids is 1. The summed E-state index contributed by atoms with van der Waals surface area (Å²) < 4.78 is 17.1. The van der Waals surface area contributed by atoms with Gasteiger partial charge in [-0.3, -0.25) is 14.5 Å². The summed E-state index contributed by atoms with van der Waals surface area (Å²) in [6, 6.07) is 13.7. The van der Waals surface area contributed by atoms with Crippen LogP contribution in [-0.4, -0.2) is 17.2 Å². The number of fused-ring (bicyclic) bond motifs is 2. The van der Waals surface area contributed by atoms with Crippen LogP contribution in [0.4, 0.5) is 5.82 Å². The molecule has 5 rings (SSSR count). The molecule has 0 bridgehead atoms. The first-order valence-electron chi connectivity index (χ1n) is 10.4. The Labute approximate surface area is 184 Å². The normalized spacial score (nSPS) is 15.6. The van der Waals surface area contributed by atoms with Gasteiger partial charge in [0.15, 0.2) is 11.2 Å². The molecule has 2 aromatic carbocycles. The van der Waals surface area contributed by atoms with Crippen LogP contribution in [0.3, 0.4) is 0 Å². The van der Waals surface area contributed by atoms with E-state index in [0.717, 1.165) is 11.1 Å². The Hall–Kier alpha value is -3.87. The molecule has 0 saturated carbocycles. The molecule has 0 N–H and O–H groups in total. The van der Waals surface area contributed by atoms with Gasteiger partial charge < -0.3 is 13.7 Å². The number of hydrogen-bond acceptors (Lipinski definition) is 6. The summed E-state index contributed by atoms with van der Waals surface area (Å²) in [7, 11) is 0. The molecular weight excluding hydrogens is 408 g/mol. The summed E-state index contributed by atoms with van der Waals surface area (Å²) in [6.45, 7) is 7.53. The molecule has 1 aliphatic rings. The van der Waals surface area contributed by atoms with Crippen molar-refractivity contribution >= 4 is 22.7 Å². The quantitative estimate of drug-likeness (QED) is 0.456. The first-order valence-corrected chi connectivity index (χ1v) is 10.4. The number of aromatic nitrogens is 1. The predicted octanol–water partition coefficient (Wildman–Crippen LogP) is 4.93. The first kappa shape index (κ1) is 20.1. The number of ether oxygens (including phenoxy) is 1. The molecular formula is C25H22N2O5. The molecule has 0 saturated heterocycles. The van der Waals surface area contributed by atoms with Crippen molar-refractivity contribution < 1.29 is 18.5 Å². The SMILES string of the molecule is Cc1ccc2oc3c(c(=O)c2c1)C(c1cccc(OC(C)C)c1)N(c1cc(C)on1)C3=O. The maximum Gasteiger partial charge on any atom is 0.296 e. The lowest BCUT2D eigenvalue weighted by Crippen LogP contribution is -2.29. The molecule has 162 valence electrons. The standard InChI is InChI=1S/C25H22N2O5/c1-13(2)30-17-7-5-6-16(12-17)22-21-23(28)18-10-14(3)8-9-19(18)31-24(21)25(29)27(22)20-11-15(4)32-26-20/h5-13,22H,1-4H3. The third-order valence-electron chi connectivity index (χ3n) is 5.43. The van der Waals surface area contributed by atoms with E-state index in [-0.39, 0.29) is 22.9 Å². The molecule has 0 aliphatic carbocycles. The van der Waals surface area contributed by atoms with Crippen molar-refractivity contribution in [2.45, 2.75) is 39.8 Å². The third kappa shape index (κ3) is 3.17. The summed E-state index contributed by atoms with van der Waals surface area (Å²) >= 11 is 0. The fraction of sp³-hybridized carbons (Fsp3) is 0.240. The van der Waals surface area contributed by atoms with Crippen molar-refractivity contribution in [1.82, 2.24) is 5.16 Å². The Kier molecular flexibility index (Phi) is 4.62. The molecule has 2 aromatic heterocycles. The van der Waals surface area contributed by atoms with Gasteiger partial charge >= 0.3 is 0 Å². The first-order chi connectivity index (χ1) is 15.3. The van der Waals surface area contributed by atoms with Crippen molar-refractivity contribution in [1.29, 1.82) is 0 Å². The average Bonchev–Trinajstić information content (AvgIpc) is 3.29. The van der Waals surface area contributed by atoms with Crippen LogP contribution in [0.15, 0.2) is 62.3 Å². The number of hydrogen-bond donors (Lipinski definition) is 0. The van der Waals surface area contributed by atoms with Gasteiger partial charge in [-0.15, -0.1) is 0 Å². The zero-order valence-corrected chi connectivity index (χ0v) is 18.2. The second-order valence-corrected chi connectivity index (χ2v) is 8.29. The van der Waals surface area contributed by atoms with E-state index in [1.54, 1.807) is 25.1 Å². The lowest BCUT2D eigenvalue weighted by atomic mass is 9.98. The highest BCUT2D eigenvalue weighted by Crippen LogP contribution is 2.41. The van der Waals surface area contributed by atoms with Gasteiger partial charge in [-0.2, -0.15) is 0 Å². The Bertz CT molecular complexity index is 1420. The van der Waals surface area contributed by atoms with E-state index in [2.05, 4.69) is 5.16 Å². The summed E-state index contributed by atoms with van der Waals surface area (Å²) in [5.41, 5.74) is 2.08. The molecule has 1 atom stereocenters. The topological polar surface area (TPSA) is 85.8 Å². The number of carbonyl (C=O) groups is 1. The third-order valence-corrected chi connectivity index (χ3v) is 5.43. The number of amides is 1. The zero-order chi connectivity index (χ0) is 22.6. The van der Waals surface area contributed by atoms with Crippen LogP contribution in [0.25, 0.3) is 11.0 Å². The fourth-order valence-corrected chi connectivity index (χ4v) is 4.14. The van der Waals surface area contributed by atoms with Crippen molar-refractivity contribution in [3.8, 4) is 5.75 Å². The summed E-state index contributed by atoms with van der Waals surface area (Å²) in [6.07, 6.45) is -0.0194. The zero-order valence-electron chi connectivity index (χ0n) is 18.2. The smallest absolute Gasteiger partial charge is 0.296 e. The van der Waals surface area contributed by atoms with E-state index in [0.29, 0.717) is 28.3 Å². The Balaban J connectivity index is 1.78. The minimum Gasteiger partial charge on any atom is -0.491 e. The minimum absolute atomic E-state index is 0.0194. The lowest BCUT2D eigenvalue weighted by molar-refractivity contribution is 0.0969. The number of aryl methyl sites for hydroxylation is 2. The molecule has 4 aromatic rings. The van der Waals surface area contributed by atoms with Crippen LogP contribution in [0, 0.1) is 13.8 Å². The molecule has 1 unspecified atom stereocenters. The van der Waals surface area contributed by atoms with Crippen molar-refractivity contribution in [3.63, 3.8) is 0 Å². The highest BCUT2D eigenvalue weighted by Gasteiger charge is 2.45. The van der Waals surface area contributed by atoms with Gasteiger partial charge in [0.2, 0.25) is 5.76 Å². The second kappa shape index (κ2) is 7.37. The molecule has 1 aliphatic heterocycles. The van der Waals surface area contributed by atoms with Crippen molar-refractivity contribution in [2.75, 3.05) is 4.90 Å². The average molecular weight is 430 g/mol. The van der Waals surface area contributed by atoms with E-state index in [1.807, 2.05) is 51.1 Å². The van der Waals surface area contributed by atoms with Crippen LogP contribution in [0.2, 0.25) is 0 Å². The van der Waals surface area contributed by atoms with E-state index in [9.17, 15) is 9.59 Å². The van der Waals surface area contributed by atoms with E-state index in [4.69, 9.17) is 13.7 Å². The Morgan fingerprint density at radius 3 is 2.59 bits per heavy atom. The highest BCUT2D eigenvalue weighted by atomic mass is 16.5. The monoisotopic (exact) mass is 430 g/mol. The van der Waals surface area contributed by atoms with Gasteiger partial charge in [0, 0.05) is 6.07 Å². The van der Waals surface area contributed by atoms with Gasteiger partial charge in [0.25, 0.3) is 5.91 Å². The summed E-state index contributed by atoms with van der Waals surface area (Å²) in [4.78, 5) is 28.6. The van der Waals surface area contributed by atoms with Gasteiger partial charge in [-0.05, 0) is 57.5 Å². The molecule has 0 radical (unpaired) electrons. The Morgan fingerprint density at radius 1 is 1.06 bits per heavy atom. The predicted molar refractivity (Wildman–Crippen MR) is 119 cm³/mol. The maximum absolute atomic E-state index is 13.6. The molecule has 0 fully saturated rings. The molecule has 3 heterocycles. The largest absolute Gasteiger partial charge is 0.491 e. The van der Waals surface area contributed by atoms with Gasteiger partial charge in [-0.25, -0.2) is 0 Å². The Morgan fingerprint density at radius 2 is 1.88 bits per heavy atom. The number of nitrogens with zero attached hydrogens (tertiary/aromatic N) is 2. The van der Waals surface area contributed by atoms with Crippen LogP contribution in [0.1, 0.15) is 52.9 Å². The molecule has 0 spiro atoms. The van der Waals surface area contributed by atoms with Crippen LogP contribution >= 0.6 is 0 Å². The second-order valence-electron chi connectivity index (χ2n) is 8.29. The molecule has 7 nitrogen and oxygen atoms in total. The van der Waals surface area contributed by atoms with Gasteiger partial charge in [0.1, 0.15) is 17.1 Å². The number of anilines is 1. The van der Waals surface area contributed by atoms with E-state index < -0.39 is 11.9 Å². The highest BCUT2D eigenvalue weighted by molar-refractivity contribution is 6.10. The number of benzene rings is 2. The molecule has 32 heavy (non-hydrogen) atoms. The van der Waals surface area contributed by atoms with E-state index in [1.165, 1.54) is 4.90 Å². The van der Waals surface area contributed by atoms with Gasteiger partial charge in [0.05, 0.1) is 23.1 Å². The lowest BCUT2D eigenvalue weighted by Gasteiger charge is -2.23.